The van der Waals surface area contributed by atoms with Gasteiger partial charge in [-0.3, -0.25) is 0 Å². The molecule has 0 amide bonds. The fourth-order valence-electron chi connectivity index (χ4n) is 2.88. The highest BCUT2D eigenvalue weighted by Gasteiger charge is 2.06. The van der Waals surface area contributed by atoms with Gasteiger partial charge in [0.2, 0.25) is 0 Å². The summed E-state index contributed by atoms with van der Waals surface area (Å²) in [5.74, 6) is 1.03. The molecule has 0 aliphatic rings. The van der Waals surface area contributed by atoms with Crippen LogP contribution in [0, 0.1) is 6.92 Å². The highest BCUT2D eigenvalue weighted by atomic mass is 32.2. The first kappa shape index (κ1) is 16.9. The molecule has 122 valence electrons. The fourth-order valence-corrected chi connectivity index (χ4v) is 3.86. The van der Waals surface area contributed by atoms with Gasteiger partial charge in [-0.2, -0.15) is 0 Å². The summed E-state index contributed by atoms with van der Waals surface area (Å²) in [7, 11) is 0. The van der Waals surface area contributed by atoms with E-state index < -0.39 is 0 Å². The minimum atomic E-state index is 1.01. The molecule has 3 aromatic carbocycles. The molecule has 0 radical (unpaired) electrons. The van der Waals surface area contributed by atoms with Crippen LogP contribution in [-0.4, -0.2) is 0 Å². The Morgan fingerprint density at radius 1 is 0.708 bits per heavy atom. The smallest absolute Gasteiger partial charge is 0.0234 e. The number of rotatable bonds is 6. The van der Waals surface area contributed by atoms with E-state index in [1.54, 1.807) is 0 Å². The van der Waals surface area contributed by atoms with Crippen LogP contribution in [0.15, 0.2) is 77.7 Å². The monoisotopic (exact) mass is 332 g/mol. The second-order valence-electron chi connectivity index (χ2n) is 6.15. The minimum Gasteiger partial charge on any atom is -0.121 e. The number of benzene rings is 3. The largest absolute Gasteiger partial charge is 0.121 e. The maximum absolute atomic E-state index is 2.27. The van der Waals surface area contributed by atoms with Crippen molar-refractivity contribution in [3.8, 4) is 0 Å². The Bertz CT molecular complexity index is 773. The highest BCUT2D eigenvalue weighted by molar-refractivity contribution is 7.98. The Hall–Kier alpha value is -1.99. The summed E-state index contributed by atoms with van der Waals surface area (Å²) in [4.78, 5) is 1.33. The molecule has 0 aliphatic heterocycles. The van der Waals surface area contributed by atoms with Gasteiger partial charge in [-0.05, 0) is 59.7 Å². The van der Waals surface area contributed by atoms with E-state index in [2.05, 4.69) is 86.6 Å². The molecule has 0 bridgehead atoms. The Labute approximate surface area is 149 Å². The van der Waals surface area contributed by atoms with Crippen LogP contribution in [0.25, 0.3) is 0 Å². The minimum absolute atomic E-state index is 1.01. The van der Waals surface area contributed by atoms with Crippen LogP contribution in [0.5, 0.6) is 0 Å². The molecular formula is C23H24S. The Morgan fingerprint density at radius 3 is 2.08 bits per heavy atom. The molecule has 0 aromatic heterocycles. The standard InChI is InChI=1S/C23H24S/c1-3-19-12-14-20(15-13-19)16-21-8-7-9-22(18(21)2)17-24-23-10-5-4-6-11-23/h4-15H,3,16-17H2,1-2H3. The normalized spacial score (nSPS) is 10.8. The van der Waals surface area contributed by atoms with Crippen molar-refractivity contribution in [1.29, 1.82) is 0 Å². The molecule has 0 aliphatic carbocycles. The van der Waals surface area contributed by atoms with E-state index in [1.807, 2.05) is 11.8 Å². The SMILES string of the molecule is CCc1ccc(Cc2cccc(CSc3ccccc3)c2C)cc1. The van der Waals surface area contributed by atoms with Crippen molar-refractivity contribution in [2.75, 3.05) is 0 Å². The number of aryl methyl sites for hydroxylation is 1. The molecule has 3 aromatic rings. The molecule has 0 N–H and O–H groups in total. The third-order valence-corrected chi connectivity index (χ3v) is 5.58. The molecule has 0 nitrogen and oxygen atoms in total. The lowest BCUT2D eigenvalue weighted by atomic mass is 9.96. The molecule has 0 heterocycles. The second kappa shape index (κ2) is 8.21. The summed E-state index contributed by atoms with van der Waals surface area (Å²) in [5.41, 5.74) is 7.10. The van der Waals surface area contributed by atoms with Gasteiger partial charge in [-0.25, -0.2) is 0 Å². The topological polar surface area (TPSA) is 0 Å². The first-order valence-electron chi connectivity index (χ1n) is 8.59. The molecule has 1 heteroatoms. The molecule has 0 spiro atoms. The zero-order valence-corrected chi connectivity index (χ0v) is 15.3. The zero-order chi connectivity index (χ0) is 16.8. The maximum atomic E-state index is 2.27. The molecule has 0 fully saturated rings. The van der Waals surface area contributed by atoms with Crippen molar-refractivity contribution in [3.05, 3.63) is 101 Å². The van der Waals surface area contributed by atoms with E-state index in [0.29, 0.717) is 0 Å². The predicted molar refractivity (Wildman–Crippen MR) is 106 cm³/mol. The van der Waals surface area contributed by atoms with Gasteiger partial charge in [0.1, 0.15) is 0 Å². The Morgan fingerprint density at radius 2 is 1.38 bits per heavy atom. The van der Waals surface area contributed by atoms with E-state index in [9.17, 15) is 0 Å². The number of hydrogen-bond donors (Lipinski definition) is 0. The van der Waals surface area contributed by atoms with Crippen molar-refractivity contribution in [2.45, 2.75) is 37.3 Å². The van der Waals surface area contributed by atoms with Crippen LogP contribution in [-0.2, 0) is 18.6 Å². The van der Waals surface area contributed by atoms with Crippen molar-refractivity contribution in [2.24, 2.45) is 0 Å². The van der Waals surface area contributed by atoms with Gasteiger partial charge < -0.3 is 0 Å². The molecule has 0 saturated carbocycles. The van der Waals surface area contributed by atoms with Crippen LogP contribution < -0.4 is 0 Å². The van der Waals surface area contributed by atoms with Crippen molar-refractivity contribution in [1.82, 2.24) is 0 Å². The van der Waals surface area contributed by atoms with Gasteiger partial charge in [0.15, 0.2) is 0 Å². The van der Waals surface area contributed by atoms with E-state index >= 15 is 0 Å². The highest BCUT2D eigenvalue weighted by Crippen LogP contribution is 2.26. The van der Waals surface area contributed by atoms with Crippen LogP contribution in [0.1, 0.15) is 34.7 Å². The first-order valence-corrected chi connectivity index (χ1v) is 9.58. The lowest BCUT2D eigenvalue weighted by molar-refractivity contribution is 1.10. The van der Waals surface area contributed by atoms with Gasteiger partial charge >= 0.3 is 0 Å². The third-order valence-electron chi connectivity index (χ3n) is 4.52. The zero-order valence-electron chi connectivity index (χ0n) is 14.5. The van der Waals surface area contributed by atoms with E-state index in [1.165, 1.54) is 32.7 Å². The van der Waals surface area contributed by atoms with Crippen molar-refractivity contribution >= 4 is 11.8 Å². The molecular weight excluding hydrogens is 308 g/mol. The summed E-state index contributed by atoms with van der Waals surface area (Å²) >= 11 is 1.91. The summed E-state index contributed by atoms with van der Waals surface area (Å²) in [6.07, 6.45) is 2.12. The lowest BCUT2D eigenvalue weighted by Crippen LogP contribution is -1.96. The van der Waals surface area contributed by atoms with E-state index in [0.717, 1.165) is 18.6 Å². The quantitative estimate of drug-likeness (QED) is 0.468. The van der Waals surface area contributed by atoms with Crippen LogP contribution in [0.2, 0.25) is 0 Å². The molecule has 0 unspecified atom stereocenters. The predicted octanol–water partition coefficient (Wildman–Crippen LogP) is 6.44. The maximum Gasteiger partial charge on any atom is 0.0234 e. The van der Waals surface area contributed by atoms with Gasteiger partial charge in [0.25, 0.3) is 0 Å². The first-order chi connectivity index (χ1) is 11.8. The van der Waals surface area contributed by atoms with E-state index in [4.69, 9.17) is 0 Å². The van der Waals surface area contributed by atoms with Crippen molar-refractivity contribution in [3.63, 3.8) is 0 Å². The molecule has 3 rings (SSSR count). The Balaban J connectivity index is 1.72. The second-order valence-corrected chi connectivity index (χ2v) is 7.20. The van der Waals surface area contributed by atoms with Crippen molar-refractivity contribution < 1.29 is 0 Å². The molecule has 0 atom stereocenters. The summed E-state index contributed by atoms with van der Waals surface area (Å²) in [6.45, 7) is 4.46. The van der Waals surface area contributed by atoms with Gasteiger partial charge in [0.05, 0.1) is 0 Å². The van der Waals surface area contributed by atoms with Gasteiger partial charge in [-0.1, -0.05) is 67.6 Å². The average Bonchev–Trinajstić information content (AvgIpc) is 2.64. The van der Waals surface area contributed by atoms with Gasteiger partial charge in [-0.15, -0.1) is 11.8 Å². The van der Waals surface area contributed by atoms with Gasteiger partial charge in [0, 0.05) is 10.6 Å². The average molecular weight is 333 g/mol. The summed E-state index contributed by atoms with van der Waals surface area (Å²) in [5, 5.41) is 0. The fraction of sp³-hybridized carbons (Fsp3) is 0.217. The third kappa shape index (κ3) is 4.30. The van der Waals surface area contributed by atoms with Crippen LogP contribution >= 0.6 is 11.8 Å². The summed E-state index contributed by atoms with van der Waals surface area (Å²) in [6, 6.07) is 26.4. The van der Waals surface area contributed by atoms with E-state index in [-0.39, 0.29) is 0 Å². The van der Waals surface area contributed by atoms with Crippen LogP contribution in [0.3, 0.4) is 0 Å². The number of hydrogen-bond acceptors (Lipinski definition) is 1. The molecule has 0 saturated heterocycles. The Kier molecular flexibility index (Phi) is 5.77. The van der Waals surface area contributed by atoms with Crippen LogP contribution in [0.4, 0.5) is 0 Å². The summed E-state index contributed by atoms with van der Waals surface area (Å²) < 4.78 is 0. The number of thioether (sulfide) groups is 1. The molecule has 24 heavy (non-hydrogen) atoms. The lowest BCUT2D eigenvalue weighted by Gasteiger charge is -2.12.